The lowest BCUT2D eigenvalue weighted by molar-refractivity contribution is 0.134. The third kappa shape index (κ3) is 3.31. The minimum atomic E-state index is -0.993. The standard InChI is InChI=1S/C23H27NO3S/c1-22(2)12-15-11-18(26-5)21-17(13-23(3,4)27-21)19(15)20(24-22)14-7-9-16(10-8-14)28(6)25/h7-11H,12-13H2,1-6H3. The fourth-order valence-electron chi connectivity index (χ4n) is 4.23. The van der Waals surface area contributed by atoms with Crippen LogP contribution in [0.2, 0.25) is 0 Å². The van der Waals surface area contributed by atoms with Gasteiger partial charge >= 0.3 is 0 Å². The average Bonchev–Trinajstić information content (AvgIpc) is 2.94. The molecule has 2 aliphatic heterocycles. The maximum atomic E-state index is 11.8. The Hall–Kier alpha value is -1.98. The SMILES string of the molecule is COc1cc2c(c3c1OC(C)(C)C3)C(c1ccc([S+](C)[O-])cc1)=NC(C)(C)C2. The first-order valence-electron chi connectivity index (χ1n) is 9.56. The molecular weight excluding hydrogens is 370 g/mol. The Morgan fingerprint density at radius 3 is 2.39 bits per heavy atom. The Morgan fingerprint density at radius 2 is 1.79 bits per heavy atom. The first-order chi connectivity index (χ1) is 13.1. The van der Waals surface area contributed by atoms with Crippen LogP contribution in [-0.4, -0.2) is 34.8 Å². The third-order valence-electron chi connectivity index (χ3n) is 5.36. The van der Waals surface area contributed by atoms with Gasteiger partial charge in [0.25, 0.3) is 0 Å². The minimum absolute atomic E-state index is 0.206. The molecule has 4 nitrogen and oxygen atoms in total. The van der Waals surface area contributed by atoms with Crippen LogP contribution in [0.4, 0.5) is 0 Å². The van der Waals surface area contributed by atoms with E-state index in [2.05, 4.69) is 33.8 Å². The largest absolute Gasteiger partial charge is 0.612 e. The van der Waals surface area contributed by atoms with E-state index >= 15 is 0 Å². The molecule has 148 valence electrons. The van der Waals surface area contributed by atoms with Gasteiger partial charge in [-0.1, -0.05) is 0 Å². The van der Waals surface area contributed by atoms with Crippen LogP contribution in [0, 0.1) is 0 Å². The highest BCUT2D eigenvalue weighted by Gasteiger charge is 2.39. The van der Waals surface area contributed by atoms with Crippen LogP contribution >= 0.6 is 0 Å². The van der Waals surface area contributed by atoms with Crippen molar-refractivity contribution in [2.24, 2.45) is 4.99 Å². The normalized spacial score (nSPS) is 19.9. The van der Waals surface area contributed by atoms with Crippen LogP contribution < -0.4 is 9.47 Å². The number of methoxy groups -OCH3 is 1. The van der Waals surface area contributed by atoms with Crippen LogP contribution in [0.3, 0.4) is 0 Å². The van der Waals surface area contributed by atoms with Crippen molar-refractivity contribution in [3.8, 4) is 11.5 Å². The first-order valence-corrected chi connectivity index (χ1v) is 11.1. The Balaban J connectivity index is 1.92. The number of hydrogen-bond donors (Lipinski definition) is 0. The summed E-state index contributed by atoms with van der Waals surface area (Å²) in [4.78, 5) is 5.95. The number of nitrogens with zero attached hydrogens (tertiary/aromatic N) is 1. The third-order valence-corrected chi connectivity index (χ3v) is 6.30. The Kier molecular flexibility index (Phi) is 4.51. The summed E-state index contributed by atoms with van der Waals surface area (Å²) in [6.07, 6.45) is 3.37. The van der Waals surface area contributed by atoms with Crippen molar-refractivity contribution in [1.82, 2.24) is 0 Å². The van der Waals surface area contributed by atoms with Crippen LogP contribution in [0.15, 0.2) is 40.2 Å². The molecule has 0 amide bonds. The van der Waals surface area contributed by atoms with E-state index in [1.807, 2.05) is 24.3 Å². The maximum Gasteiger partial charge on any atom is 0.166 e. The van der Waals surface area contributed by atoms with Crippen LogP contribution in [0.25, 0.3) is 0 Å². The molecule has 0 radical (unpaired) electrons. The van der Waals surface area contributed by atoms with Crippen molar-refractivity contribution in [3.05, 3.63) is 52.6 Å². The highest BCUT2D eigenvalue weighted by atomic mass is 32.2. The van der Waals surface area contributed by atoms with Gasteiger partial charge < -0.3 is 14.0 Å². The second-order valence-electron chi connectivity index (χ2n) is 8.89. The van der Waals surface area contributed by atoms with E-state index in [4.69, 9.17) is 14.5 Å². The summed E-state index contributed by atoms with van der Waals surface area (Å²) >= 11 is -0.993. The molecule has 0 fully saturated rings. The van der Waals surface area contributed by atoms with E-state index in [0.717, 1.165) is 40.5 Å². The van der Waals surface area contributed by atoms with Gasteiger partial charge in [-0.3, -0.25) is 4.99 Å². The van der Waals surface area contributed by atoms with Gasteiger partial charge in [0.15, 0.2) is 16.4 Å². The Morgan fingerprint density at radius 1 is 1.11 bits per heavy atom. The number of fused-ring (bicyclic) bond motifs is 3. The van der Waals surface area contributed by atoms with Crippen molar-refractivity contribution in [2.45, 2.75) is 56.6 Å². The highest BCUT2D eigenvalue weighted by Crippen LogP contribution is 2.47. The van der Waals surface area contributed by atoms with E-state index in [1.54, 1.807) is 13.4 Å². The summed E-state index contributed by atoms with van der Waals surface area (Å²) in [5.41, 5.74) is 5.15. The van der Waals surface area contributed by atoms with Gasteiger partial charge in [-0.2, -0.15) is 0 Å². The van der Waals surface area contributed by atoms with Gasteiger partial charge in [-0.15, -0.1) is 0 Å². The lowest BCUT2D eigenvalue weighted by atomic mass is 9.81. The summed E-state index contributed by atoms with van der Waals surface area (Å²) in [5, 5.41) is 0. The maximum absolute atomic E-state index is 11.8. The molecule has 0 aliphatic carbocycles. The first kappa shape index (κ1) is 19.3. The van der Waals surface area contributed by atoms with Gasteiger partial charge in [0.05, 0.1) is 18.4 Å². The van der Waals surface area contributed by atoms with Gasteiger partial charge in [-0.05, 0) is 81.2 Å². The van der Waals surface area contributed by atoms with Crippen molar-refractivity contribution in [1.29, 1.82) is 0 Å². The summed E-state index contributed by atoms with van der Waals surface area (Å²) in [5.74, 6) is 1.64. The number of rotatable bonds is 3. The molecule has 2 aromatic carbocycles. The summed E-state index contributed by atoms with van der Waals surface area (Å²) in [7, 11) is 1.70. The van der Waals surface area contributed by atoms with E-state index < -0.39 is 11.2 Å². The molecule has 2 heterocycles. The molecule has 2 aromatic rings. The lowest BCUT2D eigenvalue weighted by Crippen LogP contribution is -2.30. The molecule has 0 spiro atoms. The molecule has 4 rings (SSSR count). The second-order valence-corrected chi connectivity index (χ2v) is 10.3. The number of benzene rings is 2. The Labute approximate surface area is 170 Å². The smallest absolute Gasteiger partial charge is 0.166 e. The quantitative estimate of drug-likeness (QED) is 0.725. The molecule has 0 bridgehead atoms. The minimum Gasteiger partial charge on any atom is -0.612 e. The molecule has 1 atom stereocenters. The monoisotopic (exact) mass is 397 g/mol. The summed E-state index contributed by atoms with van der Waals surface area (Å²) < 4.78 is 23.7. The Bertz CT molecular complexity index is 959. The zero-order chi connectivity index (χ0) is 20.3. The fourth-order valence-corrected chi connectivity index (χ4v) is 4.75. The molecule has 0 saturated carbocycles. The van der Waals surface area contributed by atoms with Crippen molar-refractivity contribution >= 4 is 16.9 Å². The van der Waals surface area contributed by atoms with E-state index in [1.165, 1.54) is 16.7 Å². The van der Waals surface area contributed by atoms with Crippen molar-refractivity contribution in [2.75, 3.05) is 13.4 Å². The fraction of sp³-hybridized carbons (Fsp3) is 0.435. The van der Waals surface area contributed by atoms with Crippen LogP contribution in [-0.2, 0) is 24.0 Å². The highest BCUT2D eigenvalue weighted by molar-refractivity contribution is 7.90. The molecule has 0 saturated heterocycles. The van der Waals surface area contributed by atoms with Crippen molar-refractivity contribution in [3.63, 3.8) is 0 Å². The molecule has 0 N–H and O–H groups in total. The van der Waals surface area contributed by atoms with Gasteiger partial charge in [-0.25, -0.2) is 0 Å². The molecule has 1 unspecified atom stereocenters. The topological polar surface area (TPSA) is 53.9 Å². The number of ether oxygens (including phenoxy) is 2. The van der Waals surface area contributed by atoms with Crippen molar-refractivity contribution < 1.29 is 14.0 Å². The molecule has 2 aliphatic rings. The predicted octanol–water partition coefficient (Wildman–Crippen LogP) is 4.32. The summed E-state index contributed by atoms with van der Waals surface area (Å²) in [6.45, 7) is 8.53. The second kappa shape index (κ2) is 6.53. The lowest BCUT2D eigenvalue weighted by Gasteiger charge is -2.31. The van der Waals surface area contributed by atoms with Gasteiger partial charge in [0.1, 0.15) is 11.9 Å². The molecule has 0 aromatic heterocycles. The summed E-state index contributed by atoms with van der Waals surface area (Å²) in [6, 6.07) is 10.0. The zero-order valence-corrected chi connectivity index (χ0v) is 18.2. The van der Waals surface area contributed by atoms with Gasteiger partial charge in [0, 0.05) is 23.1 Å². The zero-order valence-electron chi connectivity index (χ0n) is 17.4. The van der Waals surface area contributed by atoms with Gasteiger partial charge in [0.2, 0.25) is 0 Å². The molecular formula is C23H27NO3S. The number of hydrogen-bond acceptors (Lipinski definition) is 4. The number of aliphatic imine (C=N–C) groups is 1. The van der Waals surface area contributed by atoms with E-state index in [9.17, 15) is 4.55 Å². The molecule has 5 heteroatoms. The molecule has 28 heavy (non-hydrogen) atoms. The van der Waals surface area contributed by atoms with Crippen LogP contribution in [0.5, 0.6) is 11.5 Å². The van der Waals surface area contributed by atoms with E-state index in [-0.39, 0.29) is 11.1 Å². The average molecular weight is 398 g/mol. The van der Waals surface area contributed by atoms with Crippen LogP contribution in [0.1, 0.15) is 49.9 Å². The van der Waals surface area contributed by atoms with E-state index in [0.29, 0.717) is 0 Å². The predicted molar refractivity (Wildman–Crippen MR) is 114 cm³/mol.